The zero-order chi connectivity index (χ0) is 13.8. The predicted octanol–water partition coefficient (Wildman–Crippen LogP) is 4.50. The van der Waals surface area contributed by atoms with Gasteiger partial charge in [0.1, 0.15) is 0 Å². The van der Waals surface area contributed by atoms with Crippen molar-refractivity contribution in [2.45, 2.75) is 39.7 Å². The van der Waals surface area contributed by atoms with Gasteiger partial charge >= 0.3 is 0 Å². The van der Waals surface area contributed by atoms with E-state index >= 15 is 0 Å². The molecule has 1 atom stereocenters. The van der Waals surface area contributed by atoms with Gasteiger partial charge < -0.3 is 10.4 Å². The van der Waals surface area contributed by atoms with Crippen molar-refractivity contribution in [3.63, 3.8) is 0 Å². The van der Waals surface area contributed by atoms with Crippen LogP contribution in [-0.4, -0.2) is 18.3 Å². The first-order valence-electron chi connectivity index (χ1n) is 6.27. The third-order valence-corrected chi connectivity index (χ3v) is 5.29. The number of thiophene rings is 1. The van der Waals surface area contributed by atoms with Crippen molar-refractivity contribution in [1.29, 1.82) is 0 Å². The zero-order valence-corrected chi connectivity index (χ0v) is 13.4. The molecule has 0 radical (unpaired) electrons. The Bertz CT molecular complexity index is 369. The minimum atomic E-state index is -0.0411. The fourth-order valence-corrected chi connectivity index (χ4v) is 3.55. The van der Waals surface area contributed by atoms with Gasteiger partial charge in [0.2, 0.25) is 0 Å². The minimum absolute atomic E-state index is 0.0411. The molecule has 5 heteroatoms. The average molecular weight is 310 g/mol. The molecule has 18 heavy (non-hydrogen) atoms. The van der Waals surface area contributed by atoms with Gasteiger partial charge in [0, 0.05) is 24.6 Å². The summed E-state index contributed by atoms with van der Waals surface area (Å²) in [5.74, 6) is 0. The van der Waals surface area contributed by atoms with Crippen LogP contribution in [0.25, 0.3) is 0 Å². The summed E-state index contributed by atoms with van der Waals surface area (Å²) in [6, 6.07) is 2.05. The van der Waals surface area contributed by atoms with E-state index in [1.165, 1.54) is 11.3 Å². The Labute approximate surface area is 123 Å². The lowest BCUT2D eigenvalue weighted by atomic mass is 9.83. The van der Waals surface area contributed by atoms with Gasteiger partial charge in [0.15, 0.2) is 0 Å². The molecule has 1 aromatic rings. The number of rotatable bonds is 7. The van der Waals surface area contributed by atoms with Crippen LogP contribution in [0.3, 0.4) is 0 Å². The number of aliphatic hydroxyl groups is 1. The predicted molar refractivity (Wildman–Crippen MR) is 80.9 cm³/mol. The largest absolute Gasteiger partial charge is 0.396 e. The Morgan fingerprint density at radius 3 is 2.39 bits per heavy atom. The summed E-state index contributed by atoms with van der Waals surface area (Å²) in [6.07, 6.45) is 1.91. The molecular formula is C13H21Cl2NOS. The SMILES string of the molecule is CCC(CC)(CO)CNC(C)c1cc(Cl)sc1Cl. The summed E-state index contributed by atoms with van der Waals surface area (Å²) in [4.78, 5) is 0. The van der Waals surface area contributed by atoms with Crippen LogP contribution in [0.2, 0.25) is 8.67 Å². The third-order valence-electron chi connectivity index (χ3n) is 3.77. The molecule has 1 rings (SSSR count). The molecule has 1 unspecified atom stereocenters. The van der Waals surface area contributed by atoms with Crippen molar-refractivity contribution in [1.82, 2.24) is 5.32 Å². The highest BCUT2D eigenvalue weighted by atomic mass is 35.5. The first-order chi connectivity index (χ1) is 8.48. The normalized spacial score (nSPS) is 13.9. The van der Waals surface area contributed by atoms with Gasteiger partial charge in [-0.1, -0.05) is 37.0 Å². The Morgan fingerprint density at radius 2 is 2.00 bits per heavy atom. The lowest BCUT2D eigenvalue weighted by molar-refractivity contribution is 0.110. The van der Waals surface area contributed by atoms with Crippen LogP contribution in [0.5, 0.6) is 0 Å². The highest BCUT2D eigenvalue weighted by Crippen LogP contribution is 2.35. The van der Waals surface area contributed by atoms with E-state index in [9.17, 15) is 5.11 Å². The lowest BCUT2D eigenvalue weighted by Crippen LogP contribution is -2.37. The fraction of sp³-hybridized carbons (Fsp3) is 0.692. The van der Waals surface area contributed by atoms with E-state index < -0.39 is 0 Å². The van der Waals surface area contributed by atoms with Gasteiger partial charge in [0.05, 0.1) is 8.67 Å². The Balaban J connectivity index is 2.65. The molecule has 104 valence electrons. The van der Waals surface area contributed by atoms with Gasteiger partial charge in [-0.15, -0.1) is 11.3 Å². The van der Waals surface area contributed by atoms with E-state index in [4.69, 9.17) is 23.2 Å². The van der Waals surface area contributed by atoms with Crippen LogP contribution in [-0.2, 0) is 0 Å². The second kappa shape index (κ2) is 7.11. The van der Waals surface area contributed by atoms with Crippen LogP contribution in [0.15, 0.2) is 6.07 Å². The molecule has 1 heterocycles. The van der Waals surface area contributed by atoms with E-state index in [0.717, 1.165) is 29.3 Å². The standard InChI is InChI=1S/C13H21Cl2NOS/c1-4-13(5-2,8-17)7-16-9(3)10-6-11(14)18-12(10)15/h6,9,16-17H,4-5,7-8H2,1-3H3. The second-order valence-corrected chi connectivity index (χ2v) is 7.03. The molecule has 2 nitrogen and oxygen atoms in total. The summed E-state index contributed by atoms with van der Waals surface area (Å²) in [6.45, 7) is 7.28. The second-order valence-electron chi connectivity index (χ2n) is 4.75. The van der Waals surface area contributed by atoms with Gasteiger partial charge in [-0.2, -0.15) is 0 Å². The molecule has 0 saturated carbocycles. The quantitative estimate of drug-likeness (QED) is 0.777. The molecule has 0 aliphatic rings. The molecule has 0 fully saturated rings. The lowest BCUT2D eigenvalue weighted by Gasteiger charge is -2.31. The van der Waals surface area contributed by atoms with Crippen molar-refractivity contribution in [2.75, 3.05) is 13.2 Å². The Hall–Kier alpha value is 0.200. The highest BCUT2D eigenvalue weighted by Gasteiger charge is 2.26. The molecule has 0 bridgehead atoms. The average Bonchev–Trinajstić information content (AvgIpc) is 2.70. The number of hydrogen-bond donors (Lipinski definition) is 2. The van der Waals surface area contributed by atoms with E-state index in [2.05, 4.69) is 26.1 Å². The molecule has 1 aromatic heterocycles. The number of hydrogen-bond acceptors (Lipinski definition) is 3. The van der Waals surface area contributed by atoms with Crippen LogP contribution in [0.4, 0.5) is 0 Å². The number of aliphatic hydroxyl groups excluding tert-OH is 1. The molecule has 0 saturated heterocycles. The maximum absolute atomic E-state index is 9.53. The summed E-state index contributed by atoms with van der Waals surface area (Å²) in [7, 11) is 0. The van der Waals surface area contributed by atoms with Gasteiger partial charge in [0.25, 0.3) is 0 Å². The zero-order valence-electron chi connectivity index (χ0n) is 11.1. The summed E-state index contributed by atoms with van der Waals surface area (Å²) < 4.78 is 1.45. The number of halogens is 2. The molecular weight excluding hydrogens is 289 g/mol. The Morgan fingerprint density at radius 1 is 1.39 bits per heavy atom. The van der Waals surface area contributed by atoms with Gasteiger partial charge in [-0.05, 0) is 31.4 Å². The van der Waals surface area contributed by atoms with Crippen LogP contribution >= 0.6 is 34.5 Å². The van der Waals surface area contributed by atoms with E-state index in [1.807, 2.05) is 6.07 Å². The van der Waals surface area contributed by atoms with E-state index in [1.54, 1.807) is 0 Å². The Kier molecular flexibility index (Phi) is 6.42. The van der Waals surface area contributed by atoms with E-state index in [-0.39, 0.29) is 18.1 Å². The van der Waals surface area contributed by atoms with Gasteiger partial charge in [-0.3, -0.25) is 0 Å². The molecule has 0 aliphatic heterocycles. The van der Waals surface area contributed by atoms with E-state index in [0.29, 0.717) is 4.34 Å². The maximum atomic E-state index is 9.53. The summed E-state index contributed by atoms with van der Waals surface area (Å²) >= 11 is 13.5. The first-order valence-corrected chi connectivity index (χ1v) is 7.84. The topological polar surface area (TPSA) is 32.3 Å². The van der Waals surface area contributed by atoms with Crippen molar-refractivity contribution in [2.24, 2.45) is 5.41 Å². The third kappa shape index (κ3) is 3.84. The molecule has 0 aliphatic carbocycles. The molecule has 0 amide bonds. The van der Waals surface area contributed by atoms with Crippen LogP contribution in [0, 0.1) is 5.41 Å². The van der Waals surface area contributed by atoms with Gasteiger partial charge in [-0.25, -0.2) is 0 Å². The number of nitrogens with one attached hydrogen (secondary N) is 1. The van der Waals surface area contributed by atoms with Crippen molar-refractivity contribution >= 4 is 34.5 Å². The fourth-order valence-electron chi connectivity index (χ4n) is 1.91. The minimum Gasteiger partial charge on any atom is -0.396 e. The van der Waals surface area contributed by atoms with Crippen molar-refractivity contribution in [3.8, 4) is 0 Å². The van der Waals surface area contributed by atoms with Crippen molar-refractivity contribution in [3.05, 3.63) is 20.3 Å². The maximum Gasteiger partial charge on any atom is 0.0991 e. The summed E-state index contributed by atoms with van der Waals surface area (Å²) in [5.41, 5.74) is 0.992. The first kappa shape index (κ1) is 16.3. The smallest absolute Gasteiger partial charge is 0.0991 e. The molecule has 0 aromatic carbocycles. The van der Waals surface area contributed by atoms with Crippen LogP contribution in [0.1, 0.15) is 45.2 Å². The van der Waals surface area contributed by atoms with Crippen molar-refractivity contribution < 1.29 is 5.11 Å². The summed E-state index contributed by atoms with van der Waals surface area (Å²) in [5, 5.41) is 13.0. The molecule has 2 N–H and O–H groups in total. The van der Waals surface area contributed by atoms with Crippen LogP contribution < -0.4 is 5.32 Å². The highest BCUT2D eigenvalue weighted by molar-refractivity contribution is 7.20. The molecule has 0 spiro atoms. The monoisotopic (exact) mass is 309 g/mol.